The Kier molecular flexibility index (Phi) is 5.15. The molecule has 2 N–H and O–H groups in total. The van der Waals surface area contributed by atoms with Crippen molar-refractivity contribution in [2.75, 3.05) is 6.54 Å². The number of carboxylic acid groups (broad SMARTS) is 1. The fourth-order valence-electron chi connectivity index (χ4n) is 0.658. The molecule has 64 valence electrons. The van der Waals surface area contributed by atoms with Crippen molar-refractivity contribution in [3.8, 4) is 0 Å². The van der Waals surface area contributed by atoms with Crippen molar-refractivity contribution in [3.63, 3.8) is 0 Å². The van der Waals surface area contributed by atoms with Crippen LogP contribution in [-0.4, -0.2) is 23.5 Å². The average Bonchev–Trinajstić information content (AvgIpc) is 1.97. The van der Waals surface area contributed by atoms with Gasteiger partial charge in [0.1, 0.15) is 5.78 Å². The van der Waals surface area contributed by atoms with Crippen molar-refractivity contribution in [1.82, 2.24) is 5.32 Å². The molecule has 0 saturated heterocycles. The van der Waals surface area contributed by atoms with Gasteiger partial charge < -0.3 is 10.4 Å². The van der Waals surface area contributed by atoms with Crippen molar-refractivity contribution >= 4 is 11.9 Å². The van der Waals surface area contributed by atoms with Gasteiger partial charge in [-0.25, -0.2) is 4.79 Å². The monoisotopic (exact) mass is 159 g/mol. The van der Waals surface area contributed by atoms with Gasteiger partial charge in [-0.1, -0.05) is 6.92 Å². The van der Waals surface area contributed by atoms with E-state index in [1.165, 1.54) is 0 Å². The Morgan fingerprint density at radius 3 is 2.55 bits per heavy atom. The lowest BCUT2D eigenvalue weighted by Crippen LogP contribution is -2.22. The largest absolute Gasteiger partial charge is 0.465 e. The molecule has 0 fully saturated rings. The zero-order chi connectivity index (χ0) is 8.69. The Morgan fingerprint density at radius 1 is 1.45 bits per heavy atom. The number of carbonyl (C=O) groups excluding carboxylic acids is 1. The van der Waals surface area contributed by atoms with Gasteiger partial charge in [0.2, 0.25) is 0 Å². The van der Waals surface area contributed by atoms with Crippen LogP contribution in [0.1, 0.15) is 26.2 Å². The third-order valence-electron chi connectivity index (χ3n) is 1.30. The van der Waals surface area contributed by atoms with Gasteiger partial charge in [0.25, 0.3) is 0 Å². The van der Waals surface area contributed by atoms with Crippen LogP contribution in [-0.2, 0) is 4.79 Å². The Morgan fingerprint density at radius 2 is 2.09 bits per heavy atom. The van der Waals surface area contributed by atoms with Crippen LogP contribution in [0.2, 0.25) is 0 Å². The van der Waals surface area contributed by atoms with Crippen LogP contribution in [0.15, 0.2) is 0 Å². The molecule has 4 heteroatoms. The first kappa shape index (κ1) is 9.94. The molecule has 0 spiro atoms. The van der Waals surface area contributed by atoms with E-state index in [4.69, 9.17) is 5.11 Å². The van der Waals surface area contributed by atoms with Crippen molar-refractivity contribution < 1.29 is 14.7 Å². The van der Waals surface area contributed by atoms with E-state index in [9.17, 15) is 9.59 Å². The van der Waals surface area contributed by atoms with Gasteiger partial charge in [-0.15, -0.1) is 0 Å². The Bertz CT molecular complexity index is 145. The maximum absolute atomic E-state index is 10.7. The average molecular weight is 159 g/mol. The van der Waals surface area contributed by atoms with E-state index in [1.807, 2.05) is 0 Å². The summed E-state index contributed by atoms with van der Waals surface area (Å²) in [5.74, 6) is 0.178. The number of hydrogen-bond acceptors (Lipinski definition) is 2. The topological polar surface area (TPSA) is 66.4 Å². The highest BCUT2D eigenvalue weighted by Crippen LogP contribution is 1.92. The molecule has 0 aliphatic heterocycles. The molecule has 0 rings (SSSR count). The van der Waals surface area contributed by atoms with Crippen molar-refractivity contribution in [2.45, 2.75) is 26.2 Å². The SMILES string of the molecule is CCC(=O)CCCNC(=O)O. The molecule has 0 radical (unpaired) electrons. The zero-order valence-corrected chi connectivity index (χ0v) is 6.59. The van der Waals surface area contributed by atoms with Gasteiger partial charge in [0, 0.05) is 19.4 Å². The molecule has 0 aliphatic rings. The van der Waals surface area contributed by atoms with Gasteiger partial charge in [-0.05, 0) is 6.42 Å². The lowest BCUT2D eigenvalue weighted by Gasteiger charge is -1.98. The van der Waals surface area contributed by atoms with Crippen molar-refractivity contribution in [1.29, 1.82) is 0 Å². The second-order valence-corrected chi connectivity index (χ2v) is 2.23. The van der Waals surface area contributed by atoms with Crippen LogP contribution in [0.25, 0.3) is 0 Å². The molecule has 0 saturated carbocycles. The minimum absolute atomic E-state index is 0.178. The third kappa shape index (κ3) is 6.83. The predicted molar refractivity (Wildman–Crippen MR) is 40.6 cm³/mol. The number of nitrogens with one attached hydrogen (secondary N) is 1. The fourth-order valence-corrected chi connectivity index (χ4v) is 0.658. The first-order chi connectivity index (χ1) is 5.16. The smallest absolute Gasteiger partial charge is 0.404 e. The molecule has 0 unspecified atom stereocenters. The van der Waals surface area contributed by atoms with Crippen LogP contribution in [0, 0.1) is 0 Å². The van der Waals surface area contributed by atoms with Crippen molar-refractivity contribution in [3.05, 3.63) is 0 Å². The molecule has 1 amide bonds. The highest BCUT2D eigenvalue weighted by Gasteiger charge is 1.98. The maximum Gasteiger partial charge on any atom is 0.404 e. The summed E-state index contributed by atoms with van der Waals surface area (Å²) in [6.07, 6.45) is 0.567. The van der Waals surface area contributed by atoms with E-state index < -0.39 is 6.09 Å². The summed E-state index contributed by atoms with van der Waals surface area (Å²) in [5.41, 5.74) is 0. The molecule has 0 heterocycles. The second kappa shape index (κ2) is 5.70. The zero-order valence-electron chi connectivity index (χ0n) is 6.59. The Balaban J connectivity index is 3.14. The summed E-state index contributed by atoms with van der Waals surface area (Å²) in [7, 11) is 0. The van der Waals surface area contributed by atoms with E-state index >= 15 is 0 Å². The van der Waals surface area contributed by atoms with E-state index in [2.05, 4.69) is 5.32 Å². The number of rotatable bonds is 5. The molecule has 4 nitrogen and oxygen atoms in total. The first-order valence-corrected chi connectivity index (χ1v) is 3.65. The van der Waals surface area contributed by atoms with Crippen LogP contribution in [0.4, 0.5) is 4.79 Å². The van der Waals surface area contributed by atoms with E-state index in [-0.39, 0.29) is 5.78 Å². The van der Waals surface area contributed by atoms with Gasteiger partial charge in [0.05, 0.1) is 0 Å². The van der Waals surface area contributed by atoms with E-state index in [1.54, 1.807) is 6.92 Å². The third-order valence-corrected chi connectivity index (χ3v) is 1.30. The van der Waals surface area contributed by atoms with Gasteiger partial charge in [-0.2, -0.15) is 0 Å². The number of hydrogen-bond donors (Lipinski definition) is 2. The van der Waals surface area contributed by atoms with Crippen LogP contribution < -0.4 is 5.32 Å². The molecule has 0 aliphatic carbocycles. The molecule has 11 heavy (non-hydrogen) atoms. The molecule has 0 aromatic rings. The van der Waals surface area contributed by atoms with Crippen LogP contribution in [0.5, 0.6) is 0 Å². The Labute approximate surface area is 65.6 Å². The quantitative estimate of drug-likeness (QED) is 0.588. The molecular formula is C7H13NO3. The predicted octanol–water partition coefficient (Wildman–Crippen LogP) is 1.01. The van der Waals surface area contributed by atoms with Gasteiger partial charge in [-0.3, -0.25) is 4.79 Å². The second-order valence-electron chi connectivity index (χ2n) is 2.23. The highest BCUT2D eigenvalue weighted by atomic mass is 16.4. The normalized spacial score (nSPS) is 9.18. The number of carbonyl (C=O) groups is 2. The van der Waals surface area contributed by atoms with Crippen LogP contribution in [0.3, 0.4) is 0 Å². The highest BCUT2D eigenvalue weighted by molar-refractivity contribution is 5.77. The maximum atomic E-state index is 10.7. The minimum Gasteiger partial charge on any atom is -0.465 e. The van der Waals surface area contributed by atoms with Crippen molar-refractivity contribution in [2.24, 2.45) is 0 Å². The molecule has 0 atom stereocenters. The van der Waals surface area contributed by atoms with Crippen LogP contribution >= 0.6 is 0 Å². The first-order valence-electron chi connectivity index (χ1n) is 3.65. The van der Waals surface area contributed by atoms with E-state index in [0.29, 0.717) is 25.8 Å². The standard InChI is InChI=1S/C7H13NO3/c1-2-6(9)4-3-5-8-7(10)11/h8H,2-5H2,1H3,(H,10,11). The molecular weight excluding hydrogens is 146 g/mol. The summed E-state index contributed by atoms with van der Waals surface area (Å²) in [6, 6.07) is 0. The van der Waals surface area contributed by atoms with Gasteiger partial charge >= 0.3 is 6.09 Å². The fraction of sp³-hybridized carbons (Fsp3) is 0.714. The van der Waals surface area contributed by atoms with Gasteiger partial charge in [0.15, 0.2) is 0 Å². The summed E-state index contributed by atoms with van der Waals surface area (Å²) >= 11 is 0. The lowest BCUT2D eigenvalue weighted by atomic mass is 10.2. The molecule has 0 bridgehead atoms. The Hall–Kier alpha value is -1.06. The lowest BCUT2D eigenvalue weighted by molar-refractivity contribution is -0.118. The minimum atomic E-state index is -1.03. The summed E-state index contributed by atoms with van der Waals surface area (Å²) in [4.78, 5) is 20.6. The molecule has 0 aromatic carbocycles. The number of ketones is 1. The number of amides is 1. The van der Waals surface area contributed by atoms with E-state index in [0.717, 1.165) is 0 Å². The molecule has 0 aromatic heterocycles. The summed E-state index contributed by atoms with van der Waals surface area (Å²) in [5, 5.41) is 10.3. The number of Topliss-reactive ketones (excluding diaryl/α,β-unsaturated/α-hetero) is 1. The summed E-state index contributed by atoms with van der Waals surface area (Å²) < 4.78 is 0. The summed E-state index contributed by atoms with van der Waals surface area (Å²) in [6.45, 7) is 2.16.